The van der Waals surface area contributed by atoms with E-state index in [1.807, 2.05) is 12.1 Å². The minimum Gasteiger partial charge on any atom is -0.381 e. The summed E-state index contributed by atoms with van der Waals surface area (Å²) in [4.78, 5) is 2.42. The maximum absolute atomic E-state index is 13.1. The van der Waals surface area contributed by atoms with E-state index in [0.717, 1.165) is 35.2 Å². The topological polar surface area (TPSA) is 15.3 Å². The van der Waals surface area contributed by atoms with Crippen LogP contribution in [0.15, 0.2) is 48.5 Å². The Morgan fingerprint density at radius 2 is 1.76 bits per heavy atom. The second kappa shape index (κ2) is 6.64. The van der Waals surface area contributed by atoms with Crippen LogP contribution in [0.5, 0.6) is 0 Å². The molecule has 4 heteroatoms. The molecule has 21 heavy (non-hydrogen) atoms. The average molecular weight is 396 g/mol. The van der Waals surface area contributed by atoms with E-state index in [1.54, 1.807) is 6.07 Å². The lowest BCUT2D eigenvalue weighted by Crippen LogP contribution is -2.39. The normalized spacial score (nSPS) is 16.0. The molecule has 1 saturated heterocycles. The van der Waals surface area contributed by atoms with E-state index in [-0.39, 0.29) is 5.82 Å². The molecule has 0 radical (unpaired) electrons. The van der Waals surface area contributed by atoms with Gasteiger partial charge in [-0.05, 0) is 65.8 Å². The molecule has 0 aromatic heterocycles. The second-order valence-corrected chi connectivity index (χ2v) is 6.53. The molecule has 0 aliphatic carbocycles. The highest BCUT2D eigenvalue weighted by molar-refractivity contribution is 14.1. The Morgan fingerprint density at radius 3 is 2.43 bits per heavy atom. The van der Waals surface area contributed by atoms with Gasteiger partial charge in [-0.2, -0.15) is 0 Å². The van der Waals surface area contributed by atoms with Crippen molar-refractivity contribution in [3.63, 3.8) is 0 Å². The Hall–Kier alpha value is -1.30. The SMILES string of the molecule is Fc1ccc(NC2CCN(c3ccccc3)CC2)c(I)c1. The number of benzene rings is 2. The fourth-order valence-electron chi connectivity index (χ4n) is 2.75. The number of hydrogen-bond donors (Lipinski definition) is 1. The van der Waals surface area contributed by atoms with Gasteiger partial charge < -0.3 is 10.2 Å². The van der Waals surface area contributed by atoms with Crippen LogP contribution in [0.3, 0.4) is 0 Å². The third kappa shape index (κ3) is 3.67. The lowest BCUT2D eigenvalue weighted by Gasteiger charge is -2.34. The number of halogens is 2. The maximum Gasteiger partial charge on any atom is 0.124 e. The number of nitrogens with zero attached hydrogens (tertiary/aromatic N) is 1. The molecule has 0 spiro atoms. The monoisotopic (exact) mass is 396 g/mol. The summed E-state index contributed by atoms with van der Waals surface area (Å²) in [5.74, 6) is -0.177. The van der Waals surface area contributed by atoms with E-state index in [2.05, 4.69) is 57.1 Å². The maximum atomic E-state index is 13.1. The molecule has 0 unspecified atom stereocenters. The molecule has 1 N–H and O–H groups in total. The molecule has 2 aromatic carbocycles. The highest BCUT2D eigenvalue weighted by Crippen LogP contribution is 2.24. The van der Waals surface area contributed by atoms with Gasteiger partial charge >= 0.3 is 0 Å². The van der Waals surface area contributed by atoms with Crippen LogP contribution in [0, 0.1) is 9.39 Å². The summed E-state index contributed by atoms with van der Waals surface area (Å²) in [7, 11) is 0. The van der Waals surface area contributed by atoms with Crippen molar-refractivity contribution in [2.24, 2.45) is 0 Å². The third-order valence-corrected chi connectivity index (χ3v) is 4.80. The summed E-state index contributed by atoms with van der Waals surface area (Å²) in [6, 6.07) is 15.9. The molecule has 110 valence electrons. The number of hydrogen-bond acceptors (Lipinski definition) is 2. The van der Waals surface area contributed by atoms with E-state index >= 15 is 0 Å². The number of rotatable bonds is 3. The third-order valence-electron chi connectivity index (χ3n) is 3.91. The van der Waals surface area contributed by atoms with Gasteiger partial charge in [0.05, 0.1) is 0 Å². The van der Waals surface area contributed by atoms with Crippen LogP contribution in [0.2, 0.25) is 0 Å². The van der Waals surface area contributed by atoms with Crippen LogP contribution in [0.1, 0.15) is 12.8 Å². The number of nitrogens with one attached hydrogen (secondary N) is 1. The summed E-state index contributed by atoms with van der Waals surface area (Å²) < 4.78 is 14.1. The molecular formula is C17H18FIN2. The highest BCUT2D eigenvalue weighted by atomic mass is 127. The molecule has 0 amide bonds. The van der Waals surface area contributed by atoms with Crippen LogP contribution < -0.4 is 10.2 Å². The van der Waals surface area contributed by atoms with Gasteiger partial charge in [0.1, 0.15) is 5.82 Å². The molecule has 0 saturated carbocycles. The van der Waals surface area contributed by atoms with Gasteiger partial charge in [-0.3, -0.25) is 0 Å². The van der Waals surface area contributed by atoms with Crippen molar-refractivity contribution >= 4 is 34.0 Å². The number of piperidine rings is 1. The van der Waals surface area contributed by atoms with Crippen molar-refractivity contribution in [2.45, 2.75) is 18.9 Å². The lowest BCUT2D eigenvalue weighted by molar-refractivity contribution is 0.526. The summed E-state index contributed by atoms with van der Waals surface area (Å²) in [6.07, 6.45) is 2.20. The van der Waals surface area contributed by atoms with Crippen molar-refractivity contribution in [3.05, 3.63) is 57.9 Å². The standard InChI is InChI=1S/C17H18FIN2/c18-13-6-7-17(16(19)12-13)20-14-8-10-21(11-9-14)15-4-2-1-3-5-15/h1-7,12,14,20H,8-11H2. The minimum absolute atomic E-state index is 0.177. The molecule has 1 fully saturated rings. The minimum atomic E-state index is -0.177. The molecule has 0 atom stereocenters. The zero-order valence-corrected chi connectivity index (χ0v) is 13.9. The van der Waals surface area contributed by atoms with Gasteiger partial charge in [-0.1, -0.05) is 18.2 Å². The van der Waals surface area contributed by atoms with E-state index in [4.69, 9.17) is 0 Å². The van der Waals surface area contributed by atoms with Crippen molar-refractivity contribution in [1.82, 2.24) is 0 Å². The second-order valence-electron chi connectivity index (χ2n) is 5.37. The largest absolute Gasteiger partial charge is 0.381 e. The van der Waals surface area contributed by atoms with Crippen molar-refractivity contribution < 1.29 is 4.39 Å². The summed E-state index contributed by atoms with van der Waals surface area (Å²) in [6.45, 7) is 2.11. The Morgan fingerprint density at radius 1 is 1.05 bits per heavy atom. The molecule has 1 heterocycles. The molecule has 2 aromatic rings. The summed E-state index contributed by atoms with van der Waals surface area (Å²) in [5.41, 5.74) is 2.34. The van der Waals surface area contributed by atoms with Crippen LogP contribution >= 0.6 is 22.6 Å². The lowest BCUT2D eigenvalue weighted by atomic mass is 10.0. The fourth-order valence-corrected chi connectivity index (χ4v) is 3.38. The van der Waals surface area contributed by atoms with Gasteiger partial charge in [0.2, 0.25) is 0 Å². The molecular weight excluding hydrogens is 378 g/mol. The van der Waals surface area contributed by atoms with Gasteiger partial charge in [0, 0.05) is 34.1 Å². The number of anilines is 2. The van der Waals surface area contributed by atoms with Crippen molar-refractivity contribution in [3.8, 4) is 0 Å². The molecule has 0 bridgehead atoms. The van der Waals surface area contributed by atoms with E-state index in [9.17, 15) is 4.39 Å². The molecule has 1 aliphatic heterocycles. The Bertz CT molecular complexity index is 595. The predicted octanol–water partition coefficient (Wildman–Crippen LogP) is 4.51. The average Bonchev–Trinajstić information content (AvgIpc) is 2.52. The first kappa shape index (κ1) is 14.6. The first-order chi connectivity index (χ1) is 10.2. The van der Waals surface area contributed by atoms with Gasteiger partial charge in [-0.25, -0.2) is 4.39 Å². The Kier molecular flexibility index (Phi) is 4.63. The smallest absolute Gasteiger partial charge is 0.124 e. The molecule has 3 rings (SSSR count). The molecule has 1 aliphatic rings. The zero-order chi connectivity index (χ0) is 14.7. The van der Waals surface area contributed by atoms with Crippen LogP contribution in [-0.2, 0) is 0 Å². The fraction of sp³-hybridized carbons (Fsp3) is 0.294. The van der Waals surface area contributed by atoms with Crippen molar-refractivity contribution in [1.29, 1.82) is 0 Å². The van der Waals surface area contributed by atoms with Gasteiger partial charge in [-0.15, -0.1) is 0 Å². The van der Waals surface area contributed by atoms with Crippen LogP contribution in [-0.4, -0.2) is 19.1 Å². The summed E-state index contributed by atoms with van der Waals surface area (Å²) in [5, 5.41) is 3.55. The van der Waals surface area contributed by atoms with E-state index < -0.39 is 0 Å². The van der Waals surface area contributed by atoms with E-state index in [0.29, 0.717) is 6.04 Å². The quantitative estimate of drug-likeness (QED) is 0.769. The first-order valence-electron chi connectivity index (χ1n) is 7.24. The van der Waals surface area contributed by atoms with Crippen molar-refractivity contribution in [2.75, 3.05) is 23.3 Å². The Balaban J connectivity index is 1.59. The first-order valence-corrected chi connectivity index (χ1v) is 8.32. The van der Waals surface area contributed by atoms with Crippen LogP contribution in [0.4, 0.5) is 15.8 Å². The number of para-hydroxylation sites is 1. The van der Waals surface area contributed by atoms with Gasteiger partial charge in [0.15, 0.2) is 0 Å². The van der Waals surface area contributed by atoms with Crippen LogP contribution in [0.25, 0.3) is 0 Å². The van der Waals surface area contributed by atoms with E-state index in [1.165, 1.54) is 11.8 Å². The predicted molar refractivity (Wildman–Crippen MR) is 94.4 cm³/mol. The van der Waals surface area contributed by atoms with Gasteiger partial charge in [0.25, 0.3) is 0 Å². The molecule has 2 nitrogen and oxygen atoms in total. The Labute approximate surface area is 138 Å². The summed E-state index contributed by atoms with van der Waals surface area (Å²) >= 11 is 2.18. The zero-order valence-electron chi connectivity index (χ0n) is 11.7. The highest BCUT2D eigenvalue weighted by Gasteiger charge is 2.19.